The van der Waals surface area contributed by atoms with Gasteiger partial charge in [-0.2, -0.15) is 0 Å². The molecule has 0 bridgehead atoms. The van der Waals surface area contributed by atoms with Crippen molar-refractivity contribution < 1.29 is 0 Å². The first-order valence-electron chi connectivity index (χ1n) is 5.76. The number of hydrogen-bond acceptors (Lipinski definition) is 2. The lowest BCUT2D eigenvalue weighted by atomic mass is 10.0. The molecule has 0 aliphatic rings. The van der Waals surface area contributed by atoms with Gasteiger partial charge in [-0.15, -0.1) is 0 Å². The lowest BCUT2D eigenvalue weighted by Crippen LogP contribution is -2.37. The summed E-state index contributed by atoms with van der Waals surface area (Å²) >= 11 is 0. The zero-order chi connectivity index (χ0) is 13.4. The van der Waals surface area contributed by atoms with Gasteiger partial charge in [-0.3, -0.25) is 13.9 Å². The molecule has 1 heterocycles. The van der Waals surface area contributed by atoms with Gasteiger partial charge in [-0.05, 0) is 36.6 Å². The summed E-state index contributed by atoms with van der Waals surface area (Å²) in [5.41, 5.74) is 3.26. The number of hydrogen-bond donors (Lipinski definition) is 0. The molecule has 1 aromatic carbocycles. The van der Waals surface area contributed by atoms with Crippen molar-refractivity contribution in [2.45, 2.75) is 13.8 Å². The van der Waals surface area contributed by atoms with Crippen molar-refractivity contribution in [3.63, 3.8) is 0 Å². The van der Waals surface area contributed by atoms with E-state index in [1.807, 2.05) is 32.0 Å². The Morgan fingerprint density at radius 2 is 1.56 bits per heavy atom. The summed E-state index contributed by atoms with van der Waals surface area (Å²) in [6, 6.07) is 7.40. The van der Waals surface area contributed by atoms with E-state index in [-0.39, 0.29) is 11.2 Å². The molecule has 4 nitrogen and oxygen atoms in total. The fourth-order valence-electron chi connectivity index (χ4n) is 1.91. The van der Waals surface area contributed by atoms with Gasteiger partial charge in [0.1, 0.15) is 0 Å². The first kappa shape index (κ1) is 12.4. The van der Waals surface area contributed by atoms with Crippen LogP contribution in [-0.4, -0.2) is 9.13 Å². The Balaban J connectivity index is 2.76. The second-order valence-corrected chi connectivity index (χ2v) is 4.57. The van der Waals surface area contributed by atoms with E-state index in [0.29, 0.717) is 5.69 Å². The van der Waals surface area contributed by atoms with Crippen molar-refractivity contribution in [2.24, 2.45) is 14.1 Å². The third-order valence-corrected chi connectivity index (χ3v) is 3.33. The fourth-order valence-corrected chi connectivity index (χ4v) is 1.91. The summed E-state index contributed by atoms with van der Waals surface area (Å²) < 4.78 is 2.59. The van der Waals surface area contributed by atoms with E-state index in [2.05, 4.69) is 0 Å². The topological polar surface area (TPSA) is 44.0 Å². The van der Waals surface area contributed by atoms with Gasteiger partial charge in [-0.1, -0.05) is 12.1 Å². The monoisotopic (exact) mass is 244 g/mol. The highest BCUT2D eigenvalue weighted by Gasteiger charge is 2.08. The maximum atomic E-state index is 11.9. The summed E-state index contributed by atoms with van der Waals surface area (Å²) in [6.45, 7) is 4.04. The van der Waals surface area contributed by atoms with Crippen LogP contribution in [0.5, 0.6) is 0 Å². The maximum absolute atomic E-state index is 11.9. The van der Waals surface area contributed by atoms with Crippen LogP contribution in [-0.2, 0) is 14.1 Å². The molecule has 0 unspecified atom stereocenters. The number of rotatable bonds is 1. The largest absolute Gasteiger partial charge is 0.330 e. The van der Waals surface area contributed by atoms with E-state index in [0.717, 1.165) is 15.7 Å². The van der Waals surface area contributed by atoms with Crippen molar-refractivity contribution in [3.05, 3.63) is 56.2 Å². The SMILES string of the molecule is Cc1ccc(-c2cc(=O)n(C)c(=O)n2C)cc1C. The third kappa shape index (κ3) is 1.90. The van der Waals surface area contributed by atoms with Gasteiger partial charge >= 0.3 is 5.69 Å². The molecule has 4 heteroatoms. The van der Waals surface area contributed by atoms with Gasteiger partial charge in [0.15, 0.2) is 0 Å². The second-order valence-electron chi connectivity index (χ2n) is 4.57. The summed E-state index contributed by atoms with van der Waals surface area (Å²) in [5.74, 6) is 0. The van der Waals surface area contributed by atoms with E-state index in [1.165, 1.54) is 23.2 Å². The molecule has 18 heavy (non-hydrogen) atoms. The molecule has 1 aromatic heterocycles. The van der Waals surface area contributed by atoms with E-state index < -0.39 is 0 Å². The molecule has 2 aromatic rings. The molecule has 0 spiro atoms. The van der Waals surface area contributed by atoms with Crippen LogP contribution in [0, 0.1) is 13.8 Å². The van der Waals surface area contributed by atoms with E-state index in [1.54, 1.807) is 7.05 Å². The first-order valence-corrected chi connectivity index (χ1v) is 5.76. The minimum atomic E-state index is -0.310. The quantitative estimate of drug-likeness (QED) is 0.760. The maximum Gasteiger partial charge on any atom is 0.330 e. The second kappa shape index (κ2) is 4.29. The van der Waals surface area contributed by atoms with Crippen molar-refractivity contribution in [3.8, 4) is 11.3 Å². The van der Waals surface area contributed by atoms with Crippen LogP contribution in [0.25, 0.3) is 11.3 Å². The normalized spacial score (nSPS) is 10.7. The molecule has 0 fully saturated rings. The molecule has 0 N–H and O–H groups in total. The van der Waals surface area contributed by atoms with Crippen LogP contribution >= 0.6 is 0 Å². The fraction of sp³-hybridized carbons (Fsp3) is 0.286. The highest BCUT2D eigenvalue weighted by molar-refractivity contribution is 5.61. The van der Waals surface area contributed by atoms with Gasteiger partial charge in [-0.25, -0.2) is 4.79 Å². The Morgan fingerprint density at radius 3 is 2.17 bits per heavy atom. The van der Waals surface area contributed by atoms with Crippen LogP contribution in [0.15, 0.2) is 33.9 Å². The third-order valence-electron chi connectivity index (χ3n) is 3.33. The molecule has 0 saturated carbocycles. The lowest BCUT2D eigenvalue weighted by molar-refractivity contribution is 0.692. The molecule has 0 aliphatic heterocycles. The Bertz CT molecular complexity index is 724. The number of benzene rings is 1. The van der Waals surface area contributed by atoms with E-state index in [4.69, 9.17) is 0 Å². The molecule has 2 rings (SSSR count). The Labute approximate surface area is 105 Å². The lowest BCUT2D eigenvalue weighted by Gasteiger charge is -2.11. The summed E-state index contributed by atoms with van der Waals surface area (Å²) in [4.78, 5) is 23.5. The number of aromatic nitrogens is 2. The minimum absolute atomic E-state index is 0.286. The predicted octanol–water partition coefficient (Wildman–Crippen LogP) is 1.37. The smallest absolute Gasteiger partial charge is 0.296 e. The molecular weight excluding hydrogens is 228 g/mol. The van der Waals surface area contributed by atoms with Gasteiger partial charge in [0.2, 0.25) is 0 Å². The molecular formula is C14H16N2O2. The summed E-state index contributed by atoms with van der Waals surface area (Å²) in [6.07, 6.45) is 0. The van der Waals surface area contributed by atoms with E-state index in [9.17, 15) is 9.59 Å². The van der Waals surface area contributed by atoms with Crippen LogP contribution in [0.2, 0.25) is 0 Å². The zero-order valence-electron chi connectivity index (χ0n) is 11.0. The first-order chi connectivity index (χ1) is 8.41. The van der Waals surface area contributed by atoms with Crippen molar-refractivity contribution in [1.29, 1.82) is 0 Å². The highest BCUT2D eigenvalue weighted by Crippen LogP contribution is 2.19. The molecule has 94 valence electrons. The predicted molar refractivity (Wildman–Crippen MR) is 71.8 cm³/mol. The minimum Gasteiger partial charge on any atom is -0.296 e. The number of aryl methyl sites for hydroxylation is 2. The zero-order valence-corrected chi connectivity index (χ0v) is 11.0. The molecule has 0 amide bonds. The highest BCUT2D eigenvalue weighted by atomic mass is 16.2. The van der Waals surface area contributed by atoms with Gasteiger partial charge < -0.3 is 0 Å². The average Bonchev–Trinajstić information content (AvgIpc) is 2.35. The Hall–Kier alpha value is -2.10. The van der Waals surface area contributed by atoms with E-state index >= 15 is 0 Å². The van der Waals surface area contributed by atoms with Crippen molar-refractivity contribution in [1.82, 2.24) is 9.13 Å². The van der Waals surface area contributed by atoms with Crippen molar-refractivity contribution in [2.75, 3.05) is 0 Å². The molecule has 0 radical (unpaired) electrons. The van der Waals surface area contributed by atoms with Crippen LogP contribution in [0.3, 0.4) is 0 Å². The van der Waals surface area contributed by atoms with Crippen LogP contribution < -0.4 is 11.2 Å². The molecule has 0 saturated heterocycles. The van der Waals surface area contributed by atoms with Gasteiger partial charge in [0, 0.05) is 20.2 Å². The summed E-state index contributed by atoms with van der Waals surface area (Å²) in [5, 5.41) is 0. The Kier molecular flexibility index (Phi) is 2.95. The average molecular weight is 244 g/mol. The Morgan fingerprint density at radius 1 is 0.889 bits per heavy atom. The van der Waals surface area contributed by atoms with Gasteiger partial charge in [0.25, 0.3) is 5.56 Å². The van der Waals surface area contributed by atoms with Crippen molar-refractivity contribution >= 4 is 0 Å². The van der Waals surface area contributed by atoms with Crippen LogP contribution in [0.4, 0.5) is 0 Å². The molecule has 0 atom stereocenters. The standard InChI is InChI=1S/C14H16N2O2/c1-9-5-6-11(7-10(9)2)12-8-13(17)16(4)14(18)15(12)3/h5-8H,1-4H3. The summed E-state index contributed by atoms with van der Waals surface area (Å²) in [7, 11) is 3.15. The molecule has 0 aliphatic carbocycles. The number of nitrogens with zero attached hydrogens (tertiary/aromatic N) is 2. The van der Waals surface area contributed by atoms with Gasteiger partial charge in [0.05, 0.1) is 5.69 Å². The van der Waals surface area contributed by atoms with Crippen LogP contribution in [0.1, 0.15) is 11.1 Å².